The molecule has 0 saturated carbocycles. The van der Waals surface area contributed by atoms with Gasteiger partial charge >= 0.3 is 10.3 Å². The molecule has 13 heavy (non-hydrogen) atoms. The van der Waals surface area contributed by atoms with E-state index in [4.69, 9.17) is 28.4 Å². The summed E-state index contributed by atoms with van der Waals surface area (Å²) in [5.74, 6) is -0.127. The molecule has 0 aliphatic carbocycles. The van der Waals surface area contributed by atoms with E-state index in [-0.39, 0.29) is 14.4 Å². The van der Waals surface area contributed by atoms with Gasteiger partial charge in [-0.3, -0.25) is 5.21 Å². The van der Waals surface area contributed by atoms with Crippen molar-refractivity contribution >= 4 is 44.8 Å². The van der Waals surface area contributed by atoms with Crippen LogP contribution in [0.3, 0.4) is 0 Å². The summed E-state index contributed by atoms with van der Waals surface area (Å²) in [7, 11) is -4.21. The van der Waals surface area contributed by atoms with Crippen LogP contribution >= 0.6 is 34.5 Å². The van der Waals surface area contributed by atoms with Gasteiger partial charge in [0.2, 0.25) is 0 Å². The molecule has 0 aliphatic rings. The minimum atomic E-state index is -4.21. The number of halogens is 2. The van der Waals surface area contributed by atoms with Crippen LogP contribution in [-0.2, 0) is 10.3 Å². The Morgan fingerprint density at radius 3 is 2.54 bits per heavy atom. The highest BCUT2D eigenvalue weighted by Crippen LogP contribution is 2.37. The highest BCUT2D eigenvalue weighted by molar-refractivity contribution is 7.84. The molecule has 5 nitrogen and oxygen atoms in total. The molecule has 1 aromatic heterocycles. The number of hydrogen-bond acceptors (Lipinski definition) is 5. The van der Waals surface area contributed by atoms with Crippen molar-refractivity contribution in [3.63, 3.8) is 0 Å². The van der Waals surface area contributed by atoms with Crippen molar-refractivity contribution in [1.29, 1.82) is 0 Å². The third kappa shape index (κ3) is 2.97. The van der Waals surface area contributed by atoms with E-state index in [0.717, 1.165) is 16.2 Å². The van der Waals surface area contributed by atoms with Crippen LogP contribution in [0.15, 0.2) is 6.07 Å². The van der Waals surface area contributed by atoms with E-state index in [1.807, 2.05) is 0 Å². The van der Waals surface area contributed by atoms with Crippen LogP contribution in [-0.4, -0.2) is 13.6 Å². The van der Waals surface area contributed by atoms with Gasteiger partial charge in [-0.15, -0.1) is 11.3 Å². The second kappa shape index (κ2) is 3.99. The van der Waals surface area contributed by atoms with E-state index < -0.39 is 10.3 Å². The van der Waals surface area contributed by atoms with E-state index in [1.165, 1.54) is 6.07 Å². The van der Waals surface area contributed by atoms with Crippen LogP contribution in [0.2, 0.25) is 8.67 Å². The van der Waals surface area contributed by atoms with Crippen molar-refractivity contribution in [3.8, 4) is 5.75 Å². The van der Waals surface area contributed by atoms with E-state index in [2.05, 4.69) is 4.18 Å². The molecular formula is C4H3Cl2NO4S2. The van der Waals surface area contributed by atoms with Gasteiger partial charge in [-0.2, -0.15) is 8.42 Å². The quantitative estimate of drug-likeness (QED) is 0.814. The molecule has 2 N–H and O–H groups in total. The van der Waals surface area contributed by atoms with Crippen molar-refractivity contribution in [2.75, 3.05) is 0 Å². The molecule has 9 heteroatoms. The van der Waals surface area contributed by atoms with Gasteiger partial charge in [-0.25, -0.2) is 0 Å². The summed E-state index contributed by atoms with van der Waals surface area (Å²) in [6.07, 6.45) is 0. The van der Waals surface area contributed by atoms with Crippen molar-refractivity contribution in [1.82, 2.24) is 4.89 Å². The third-order valence-corrected chi connectivity index (χ3v) is 3.01. The van der Waals surface area contributed by atoms with Crippen LogP contribution in [0.1, 0.15) is 0 Å². The van der Waals surface area contributed by atoms with E-state index >= 15 is 0 Å². The summed E-state index contributed by atoms with van der Waals surface area (Å²) in [6.45, 7) is 0. The first kappa shape index (κ1) is 11.0. The maximum Gasteiger partial charge on any atom is 0.404 e. The average molecular weight is 264 g/mol. The van der Waals surface area contributed by atoms with Crippen LogP contribution in [0.5, 0.6) is 5.75 Å². The minimum Gasteiger partial charge on any atom is -0.367 e. The van der Waals surface area contributed by atoms with E-state index in [1.54, 1.807) is 0 Å². The van der Waals surface area contributed by atoms with Crippen molar-refractivity contribution in [2.24, 2.45) is 0 Å². The molecule has 0 fully saturated rings. The fourth-order valence-electron chi connectivity index (χ4n) is 0.519. The molecule has 0 radical (unpaired) electrons. The second-order valence-electron chi connectivity index (χ2n) is 1.82. The van der Waals surface area contributed by atoms with Gasteiger partial charge in [-0.05, 0) is 0 Å². The van der Waals surface area contributed by atoms with Crippen molar-refractivity contribution in [2.45, 2.75) is 0 Å². The first-order chi connectivity index (χ1) is 5.94. The highest BCUT2D eigenvalue weighted by atomic mass is 35.5. The van der Waals surface area contributed by atoms with Gasteiger partial charge in [-0.1, -0.05) is 28.1 Å². The second-order valence-corrected chi connectivity index (χ2v) is 5.36. The molecule has 0 amide bonds. The number of nitrogens with one attached hydrogen (secondary N) is 1. The maximum atomic E-state index is 10.6. The molecule has 0 aliphatic heterocycles. The molecule has 1 heterocycles. The largest absolute Gasteiger partial charge is 0.404 e. The van der Waals surface area contributed by atoms with E-state index in [9.17, 15) is 8.42 Å². The lowest BCUT2D eigenvalue weighted by Crippen LogP contribution is -2.24. The first-order valence-electron chi connectivity index (χ1n) is 2.75. The molecule has 0 spiro atoms. The maximum absolute atomic E-state index is 10.6. The van der Waals surface area contributed by atoms with E-state index in [0.29, 0.717) is 0 Å². The van der Waals surface area contributed by atoms with Crippen LogP contribution in [0.4, 0.5) is 0 Å². The molecular weight excluding hydrogens is 261 g/mol. The summed E-state index contributed by atoms with van der Waals surface area (Å²) in [5.41, 5.74) is 0. The number of hydrogen-bond donors (Lipinski definition) is 2. The Balaban J connectivity index is 2.92. The van der Waals surface area contributed by atoms with Gasteiger partial charge in [0, 0.05) is 6.07 Å². The number of rotatable bonds is 3. The van der Waals surface area contributed by atoms with Gasteiger partial charge in [0.05, 0.1) is 4.34 Å². The van der Waals surface area contributed by atoms with Crippen molar-refractivity contribution < 1.29 is 17.8 Å². The first-order valence-corrected chi connectivity index (χ1v) is 5.73. The Labute approximate surface area is 88.1 Å². The predicted molar refractivity (Wildman–Crippen MR) is 48.8 cm³/mol. The molecule has 1 aromatic rings. The Bertz CT molecular complexity index is 400. The standard InChI is InChI=1S/C4H3Cl2NO4S2/c5-3-1-2(4(6)12-3)11-13(9,10)7-8/h1,7-8H. The van der Waals surface area contributed by atoms with Crippen LogP contribution in [0, 0.1) is 0 Å². The molecule has 1 rings (SSSR count). The fourth-order valence-corrected chi connectivity index (χ4v) is 2.35. The van der Waals surface area contributed by atoms with Crippen molar-refractivity contribution in [3.05, 3.63) is 14.7 Å². The lowest BCUT2D eigenvalue weighted by Gasteiger charge is -2.01. The fraction of sp³-hybridized carbons (Fsp3) is 0. The predicted octanol–water partition coefficient (Wildman–Crippen LogP) is 1.66. The SMILES string of the molecule is O=S(=O)(NO)Oc1cc(Cl)sc1Cl. The van der Waals surface area contributed by atoms with Crippen LogP contribution < -0.4 is 9.07 Å². The topological polar surface area (TPSA) is 75.6 Å². The zero-order valence-electron chi connectivity index (χ0n) is 5.82. The zero-order chi connectivity index (χ0) is 10.1. The Morgan fingerprint density at radius 2 is 2.15 bits per heavy atom. The van der Waals surface area contributed by atoms with Crippen LogP contribution in [0.25, 0.3) is 0 Å². The minimum absolute atomic E-state index is 0.0869. The lowest BCUT2D eigenvalue weighted by atomic mass is 10.6. The summed E-state index contributed by atoms with van der Waals surface area (Å²) >= 11 is 12.0. The zero-order valence-corrected chi connectivity index (χ0v) is 8.97. The summed E-state index contributed by atoms with van der Waals surface area (Å²) in [6, 6.07) is 1.23. The van der Waals surface area contributed by atoms with Gasteiger partial charge in [0.15, 0.2) is 5.75 Å². The molecule has 0 bridgehead atoms. The third-order valence-electron chi connectivity index (χ3n) is 0.937. The monoisotopic (exact) mass is 263 g/mol. The molecule has 0 atom stereocenters. The number of thiophene rings is 1. The molecule has 0 aromatic carbocycles. The lowest BCUT2D eigenvalue weighted by molar-refractivity contribution is 0.228. The summed E-state index contributed by atoms with van der Waals surface area (Å²) in [4.78, 5) is 0.979. The Kier molecular flexibility index (Phi) is 3.38. The molecule has 0 saturated heterocycles. The summed E-state index contributed by atoms with van der Waals surface area (Å²) < 4.78 is 26.0. The molecule has 0 unspecified atom stereocenters. The van der Waals surface area contributed by atoms with Gasteiger partial charge in [0.1, 0.15) is 4.34 Å². The van der Waals surface area contributed by atoms with Gasteiger partial charge < -0.3 is 4.18 Å². The smallest absolute Gasteiger partial charge is 0.367 e. The summed E-state index contributed by atoms with van der Waals surface area (Å²) in [5, 5.41) is 8.12. The average Bonchev–Trinajstić information content (AvgIpc) is 2.30. The van der Waals surface area contributed by atoms with Gasteiger partial charge in [0.25, 0.3) is 0 Å². The Hall–Kier alpha value is -0.0500. The molecule has 74 valence electrons. The highest BCUT2D eigenvalue weighted by Gasteiger charge is 2.15. The normalized spacial score (nSPS) is 11.6. The Morgan fingerprint density at radius 1 is 1.54 bits per heavy atom.